The first kappa shape index (κ1) is 17.2. The molecule has 1 unspecified atom stereocenters. The molecule has 5 nitrogen and oxygen atoms in total. The Morgan fingerprint density at radius 2 is 1.80 bits per heavy atom. The Kier molecular flexibility index (Phi) is 6.75. The summed E-state index contributed by atoms with van der Waals surface area (Å²) in [5.74, 6) is 0.404. The van der Waals surface area contributed by atoms with Crippen LogP contribution in [0, 0.1) is 5.92 Å². The van der Waals surface area contributed by atoms with Crippen molar-refractivity contribution in [3.05, 3.63) is 24.3 Å². The number of anilines is 1. The van der Waals surface area contributed by atoms with Crippen LogP contribution in [0.25, 0.3) is 0 Å². The van der Waals surface area contributed by atoms with Gasteiger partial charge in [-0.05, 0) is 30.2 Å². The predicted octanol–water partition coefficient (Wildman–Crippen LogP) is 1.63. The van der Waals surface area contributed by atoms with Gasteiger partial charge in [-0.2, -0.15) is 0 Å². The van der Waals surface area contributed by atoms with Crippen LogP contribution in [0.2, 0.25) is 0 Å². The molecule has 0 aliphatic heterocycles. The second-order valence-corrected chi connectivity index (χ2v) is 7.03. The summed E-state index contributed by atoms with van der Waals surface area (Å²) in [5, 5.41) is 12.3. The molecule has 1 rings (SSSR count). The van der Waals surface area contributed by atoms with Gasteiger partial charge in [-0.25, -0.2) is 13.1 Å². The summed E-state index contributed by atoms with van der Waals surface area (Å²) in [4.78, 5) is 0.224. The van der Waals surface area contributed by atoms with Crippen LogP contribution < -0.4 is 10.0 Å². The Hall–Kier alpha value is -0.820. The third-order valence-corrected chi connectivity index (χ3v) is 4.36. The van der Waals surface area contributed by atoms with Crippen LogP contribution in [-0.2, 0) is 10.0 Å². The normalized spacial score (nSPS) is 13.4. The van der Waals surface area contributed by atoms with E-state index < -0.39 is 16.1 Å². The molecule has 0 aliphatic rings. The van der Waals surface area contributed by atoms with E-state index in [2.05, 4.69) is 10.0 Å². The zero-order chi connectivity index (χ0) is 15.2. The van der Waals surface area contributed by atoms with Crippen LogP contribution in [0.5, 0.6) is 0 Å². The molecule has 3 N–H and O–H groups in total. The number of alkyl halides is 1. The maximum absolute atomic E-state index is 12.0. The van der Waals surface area contributed by atoms with Gasteiger partial charge in [-0.15, -0.1) is 11.6 Å². The van der Waals surface area contributed by atoms with E-state index in [4.69, 9.17) is 11.6 Å². The molecule has 0 spiro atoms. The molecule has 0 heterocycles. The Morgan fingerprint density at radius 1 is 1.20 bits per heavy atom. The minimum Gasteiger partial charge on any atom is -0.390 e. The first-order chi connectivity index (χ1) is 9.35. The van der Waals surface area contributed by atoms with Crippen molar-refractivity contribution in [2.45, 2.75) is 24.8 Å². The Bertz CT molecular complexity index is 503. The van der Waals surface area contributed by atoms with Crippen molar-refractivity contribution < 1.29 is 13.5 Å². The smallest absolute Gasteiger partial charge is 0.240 e. The average Bonchev–Trinajstić information content (AvgIpc) is 2.43. The second kappa shape index (κ2) is 7.83. The lowest BCUT2D eigenvalue weighted by Gasteiger charge is -2.11. The second-order valence-electron chi connectivity index (χ2n) is 4.96. The van der Waals surface area contributed by atoms with Gasteiger partial charge >= 0.3 is 0 Å². The molecule has 7 heteroatoms. The minimum atomic E-state index is -3.46. The summed E-state index contributed by atoms with van der Waals surface area (Å²) in [6.45, 7) is 4.61. The number of aliphatic hydroxyl groups is 1. The molecule has 0 saturated carbocycles. The highest BCUT2D eigenvalue weighted by atomic mass is 35.5. The van der Waals surface area contributed by atoms with E-state index in [0.29, 0.717) is 13.1 Å². The largest absolute Gasteiger partial charge is 0.390 e. The van der Waals surface area contributed by atoms with E-state index in [1.54, 1.807) is 12.1 Å². The van der Waals surface area contributed by atoms with Crippen LogP contribution in [-0.4, -0.2) is 38.6 Å². The highest BCUT2D eigenvalue weighted by Crippen LogP contribution is 2.14. The van der Waals surface area contributed by atoms with Crippen LogP contribution >= 0.6 is 11.6 Å². The van der Waals surface area contributed by atoms with Crippen molar-refractivity contribution in [3.63, 3.8) is 0 Å². The molecule has 1 aromatic carbocycles. The van der Waals surface area contributed by atoms with Gasteiger partial charge in [-0.3, -0.25) is 0 Å². The molecule has 0 fully saturated rings. The van der Waals surface area contributed by atoms with Gasteiger partial charge in [0.15, 0.2) is 0 Å². The molecule has 1 atom stereocenters. The summed E-state index contributed by atoms with van der Waals surface area (Å²) in [6, 6.07) is 6.37. The number of hydrogen-bond donors (Lipinski definition) is 3. The van der Waals surface area contributed by atoms with E-state index in [1.807, 2.05) is 13.8 Å². The maximum atomic E-state index is 12.0. The molecule has 114 valence electrons. The highest BCUT2D eigenvalue weighted by Gasteiger charge is 2.13. The molecular weight excluding hydrogens is 300 g/mol. The summed E-state index contributed by atoms with van der Waals surface area (Å²) < 4.78 is 26.5. The number of benzene rings is 1. The zero-order valence-electron chi connectivity index (χ0n) is 11.6. The van der Waals surface area contributed by atoms with E-state index in [9.17, 15) is 13.5 Å². The fraction of sp³-hybridized carbons (Fsp3) is 0.538. The quantitative estimate of drug-likeness (QED) is 0.636. The molecule has 1 aromatic rings. The van der Waals surface area contributed by atoms with E-state index in [0.717, 1.165) is 5.69 Å². The van der Waals surface area contributed by atoms with Crippen molar-refractivity contribution in [3.8, 4) is 0 Å². The summed E-state index contributed by atoms with van der Waals surface area (Å²) >= 11 is 5.49. The molecule has 0 amide bonds. The fourth-order valence-corrected chi connectivity index (χ4v) is 2.72. The Morgan fingerprint density at radius 3 is 2.30 bits per heavy atom. The van der Waals surface area contributed by atoms with Crippen LogP contribution in [0.3, 0.4) is 0 Å². The van der Waals surface area contributed by atoms with Crippen LogP contribution in [0.4, 0.5) is 5.69 Å². The van der Waals surface area contributed by atoms with Gasteiger partial charge < -0.3 is 10.4 Å². The first-order valence-electron chi connectivity index (χ1n) is 6.42. The summed E-state index contributed by atoms with van der Waals surface area (Å²) in [5.41, 5.74) is 0.733. The SMILES string of the molecule is CC(C)CNS(=O)(=O)c1ccc(NCC(O)CCl)cc1. The molecular formula is C13H21ClN2O3S. The minimum absolute atomic E-state index is 0.151. The number of rotatable bonds is 8. The molecule has 0 bridgehead atoms. The standard InChI is InChI=1S/C13H21ClN2O3S/c1-10(2)8-16-20(18,19)13-5-3-11(4-6-13)15-9-12(17)7-14/h3-6,10,12,15-17H,7-9H2,1-2H3. The van der Waals surface area contributed by atoms with E-state index >= 15 is 0 Å². The predicted molar refractivity (Wildman–Crippen MR) is 81.7 cm³/mol. The number of hydrogen-bond acceptors (Lipinski definition) is 4. The number of aliphatic hydroxyl groups excluding tert-OH is 1. The Balaban J connectivity index is 2.66. The molecule has 20 heavy (non-hydrogen) atoms. The van der Waals surface area contributed by atoms with Crippen LogP contribution in [0.1, 0.15) is 13.8 Å². The highest BCUT2D eigenvalue weighted by molar-refractivity contribution is 7.89. The molecule has 0 aliphatic carbocycles. The molecule has 0 saturated heterocycles. The van der Waals surface area contributed by atoms with Crippen molar-refractivity contribution in [2.24, 2.45) is 5.92 Å². The lowest BCUT2D eigenvalue weighted by molar-refractivity contribution is 0.211. The van der Waals surface area contributed by atoms with Crippen LogP contribution in [0.15, 0.2) is 29.2 Å². The third kappa shape index (κ3) is 5.66. The van der Waals surface area contributed by atoms with Gasteiger partial charge in [0.25, 0.3) is 0 Å². The maximum Gasteiger partial charge on any atom is 0.240 e. The lowest BCUT2D eigenvalue weighted by Crippen LogP contribution is -2.27. The van der Waals surface area contributed by atoms with E-state index in [1.165, 1.54) is 12.1 Å². The van der Waals surface area contributed by atoms with E-state index in [-0.39, 0.29) is 16.7 Å². The Labute approximate surface area is 125 Å². The fourth-order valence-electron chi connectivity index (χ4n) is 1.40. The lowest BCUT2D eigenvalue weighted by atomic mass is 10.2. The number of halogens is 1. The molecule has 0 radical (unpaired) electrons. The van der Waals surface area contributed by atoms with Crippen molar-refractivity contribution in [2.75, 3.05) is 24.3 Å². The van der Waals surface area contributed by atoms with Crippen molar-refractivity contribution >= 4 is 27.3 Å². The topological polar surface area (TPSA) is 78.4 Å². The van der Waals surface area contributed by atoms with Gasteiger partial charge in [-0.1, -0.05) is 13.8 Å². The third-order valence-electron chi connectivity index (χ3n) is 2.57. The van der Waals surface area contributed by atoms with Gasteiger partial charge in [0.2, 0.25) is 10.0 Å². The average molecular weight is 321 g/mol. The molecule has 0 aromatic heterocycles. The summed E-state index contributed by atoms with van der Waals surface area (Å²) in [7, 11) is -3.46. The number of nitrogens with one attached hydrogen (secondary N) is 2. The van der Waals surface area contributed by atoms with Crippen molar-refractivity contribution in [1.29, 1.82) is 0 Å². The number of sulfonamides is 1. The van der Waals surface area contributed by atoms with Gasteiger partial charge in [0, 0.05) is 18.8 Å². The van der Waals surface area contributed by atoms with Gasteiger partial charge in [0.1, 0.15) is 0 Å². The summed E-state index contributed by atoms with van der Waals surface area (Å²) in [6.07, 6.45) is -0.632. The first-order valence-corrected chi connectivity index (χ1v) is 8.44. The van der Waals surface area contributed by atoms with Crippen molar-refractivity contribution in [1.82, 2.24) is 4.72 Å². The monoisotopic (exact) mass is 320 g/mol. The van der Waals surface area contributed by atoms with Gasteiger partial charge in [0.05, 0.1) is 16.9 Å². The zero-order valence-corrected chi connectivity index (χ0v) is 13.2.